The molecule has 0 spiro atoms. The van der Waals surface area contributed by atoms with E-state index in [4.69, 9.17) is 0 Å². The third-order valence-electron chi connectivity index (χ3n) is 3.91. The number of nitro benzene ring substituents is 1. The molecule has 0 heterocycles. The van der Waals surface area contributed by atoms with Crippen molar-refractivity contribution in [2.45, 2.75) is 46.1 Å². The van der Waals surface area contributed by atoms with Gasteiger partial charge in [0.25, 0.3) is 5.69 Å². The van der Waals surface area contributed by atoms with E-state index in [1.165, 1.54) is 18.6 Å². The molecule has 0 bridgehead atoms. The maximum absolute atomic E-state index is 13.9. The molecule has 1 aliphatic carbocycles. The normalized spacial score (nSPS) is 25.2. The fourth-order valence-corrected chi connectivity index (χ4v) is 3.41. The van der Waals surface area contributed by atoms with E-state index in [-0.39, 0.29) is 17.1 Å². The molecule has 1 saturated carbocycles. The second-order valence-electron chi connectivity index (χ2n) is 6.68. The third-order valence-corrected chi connectivity index (χ3v) is 3.91. The molecule has 0 aromatic heterocycles. The highest BCUT2D eigenvalue weighted by molar-refractivity contribution is 5.50. The average molecular weight is 280 g/mol. The minimum atomic E-state index is -0.585. The number of halogens is 1. The van der Waals surface area contributed by atoms with Crippen LogP contribution in [-0.2, 0) is 0 Å². The summed E-state index contributed by atoms with van der Waals surface area (Å²) in [6.07, 6.45) is 3.15. The number of nitrogens with zero attached hydrogens (tertiary/aromatic N) is 1. The second kappa shape index (κ2) is 5.38. The molecule has 1 aromatic carbocycles. The van der Waals surface area contributed by atoms with Gasteiger partial charge in [-0.05, 0) is 36.7 Å². The van der Waals surface area contributed by atoms with Crippen LogP contribution in [0.2, 0.25) is 0 Å². The molecule has 0 aliphatic heterocycles. The highest BCUT2D eigenvalue weighted by Crippen LogP contribution is 2.39. The molecule has 0 amide bonds. The van der Waals surface area contributed by atoms with Crippen LogP contribution < -0.4 is 5.32 Å². The molecular formula is C15H21FN2O2. The van der Waals surface area contributed by atoms with Gasteiger partial charge in [0.2, 0.25) is 0 Å². The quantitative estimate of drug-likeness (QED) is 0.661. The van der Waals surface area contributed by atoms with E-state index in [9.17, 15) is 14.5 Å². The van der Waals surface area contributed by atoms with E-state index in [1.54, 1.807) is 0 Å². The van der Waals surface area contributed by atoms with Crippen molar-refractivity contribution in [3.63, 3.8) is 0 Å². The number of rotatable bonds is 3. The van der Waals surface area contributed by atoms with Gasteiger partial charge in [0.05, 0.1) is 16.7 Å². The lowest BCUT2D eigenvalue weighted by Gasteiger charge is -2.39. The van der Waals surface area contributed by atoms with Gasteiger partial charge < -0.3 is 5.32 Å². The summed E-state index contributed by atoms with van der Waals surface area (Å²) in [5, 5.41) is 13.8. The zero-order chi connectivity index (χ0) is 14.9. The topological polar surface area (TPSA) is 55.2 Å². The standard InChI is InChI=1S/C15H21FN2O2/c1-10-6-11(9-15(2,3)8-10)17-14-5-4-12(18(19)20)7-13(14)16/h4-5,7,10-11,17H,6,8-9H2,1-3H3. The van der Waals surface area contributed by atoms with Gasteiger partial charge in [-0.3, -0.25) is 10.1 Å². The van der Waals surface area contributed by atoms with Crippen LogP contribution in [0.1, 0.15) is 40.0 Å². The molecule has 1 fully saturated rings. The maximum Gasteiger partial charge on any atom is 0.272 e. The number of nitrogens with one attached hydrogen (secondary N) is 1. The third kappa shape index (κ3) is 3.46. The number of benzene rings is 1. The first-order chi connectivity index (χ1) is 9.27. The fraction of sp³-hybridized carbons (Fsp3) is 0.600. The van der Waals surface area contributed by atoms with Crippen LogP contribution in [0, 0.1) is 27.3 Å². The Hall–Kier alpha value is -1.65. The summed E-state index contributed by atoms with van der Waals surface area (Å²) >= 11 is 0. The molecule has 0 saturated heterocycles. The van der Waals surface area contributed by atoms with Gasteiger partial charge in [-0.2, -0.15) is 0 Å². The lowest BCUT2D eigenvalue weighted by Crippen LogP contribution is -2.35. The van der Waals surface area contributed by atoms with Gasteiger partial charge in [0.1, 0.15) is 0 Å². The minimum absolute atomic E-state index is 0.213. The first kappa shape index (κ1) is 14.8. The van der Waals surface area contributed by atoms with Crippen LogP contribution in [-0.4, -0.2) is 11.0 Å². The Kier molecular flexibility index (Phi) is 3.97. The highest BCUT2D eigenvalue weighted by Gasteiger charge is 2.32. The summed E-state index contributed by atoms with van der Waals surface area (Å²) in [5.74, 6) is 0.0348. The van der Waals surface area contributed by atoms with E-state index in [0.29, 0.717) is 11.6 Å². The zero-order valence-corrected chi connectivity index (χ0v) is 12.1. The van der Waals surface area contributed by atoms with Crippen molar-refractivity contribution in [3.05, 3.63) is 34.1 Å². The predicted molar refractivity (Wildman–Crippen MR) is 77.3 cm³/mol. The molecule has 4 nitrogen and oxygen atoms in total. The van der Waals surface area contributed by atoms with E-state index >= 15 is 0 Å². The second-order valence-corrected chi connectivity index (χ2v) is 6.68. The van der Waals surface area contributed by atoms with Crippen LogP contribution >= 0.6 is 0 Å². The molecule has 1 N–H and O–H groups in total. The number of nitro groups is 1. The van der Waals surface area contributed by atoms with E-state index in [0.717, 1.165) is 18.9 Å². The molecule has 110 valence electrons. The Morgan fingerprint density at radius 1 is 1.40 bits per heavy atom. The fourth-order valence-electron chi connectivity index (χ4n) is 3.41. The van der Waals surface area contributed by atoms with Crippen LogP contribution in [0.4, 0.5) is 15.8 Å². The van der Waals surface area contributed by atoms with Crippen LogP contribution in [0.3, 0.4) is 0 Å². The van der Waals surface area contributed by atoms with Crippen molar-refractivity contribution < 1.29 is 9.31 Å². The molecule has 2 atom stereocenters. The Morgan fingerprint density at radius 3 is 2.65 bits per heavy atom. The number of non-ortho nitro benzene ring substituents is 1. The van der Waals surface area contributed by atoms with Crippen molar-refractivity contribution >= 4 is 11.4 Å². The maximum atomic E-state index is 13.9. The average Bonchev–Trinajstić information content (AvgIpc) is 2.28. The van der Waals surface area contributed by atoms with Gasteiger partial charge in [0, 0.05) is 12.1 Å². The lowest BCUT2D eigenvalue weighted by atomic mass is 9.70. The van der Waals surface area contributed by atoms with Crippen molar-refractivity contribution in [1.29, 1.82) is 0 Å². The van der Waals surface area contributed by atoms with E-state index in [1.807, 2.05) is 0 Å². The first-order valence-corrected chi connectivity index (χ1v) is 6.97. The van der Waals surface area contributed by atoms with Crippen molar-refractivity contribution in [3.8, 4) is 0 Å². The summed E-state index contributed by atoms with van der Waals surface area (Å²) in [6, 6.07) is 3.98. The molecule has 1 aromatic rings. The Bertz CT molecular complexity index is 517. The van der Waals surface area contributed by atoms with Crippen molar-refractivity contribution in [2.75, 3.05) is 5.32 Å². The monoisotopic (exact) mass is 280 g/mol. The van der Waals surface area contributed by atoms with Gasteiger partial charge in [-0.15, -0.1) is 0 Å². The molecule has 20 heavy (non-hydrogen) atoms. The summed E-state index contributed by atoms with van der Waals surface area (Å²) in [7, 11) is 0. The minimum Gasteiger partial charge on any atom is -0.380 e. The van der Waals surface area contributed by atoms with Gasteiger partial charge in [0.15, 0.2) is 5.82 Å². The molecule has 0 radical (unpaired) electrons. The largest absolute Gasteiger partial charge is 0.380 e. The molecule has 2 rings (SSSR count). The van der Waals surface area contributed by atoms with Crippen LogP contribution in [0.5, 0.6) is 0 Å². The number of anilines is 1. The Morgan fingerprint density at radius 2 is 2.10 bits per heavy atom. The summed E-state index contributed by atoms with van der Waals surface area (Å²) in [5.41, 5.74) is 0.378. The summed E-state index contributed by atoms with van der Waals surface area (Å²) < 4.78 is 13.9. The van der Waals surface area contributed by atoms with Crippen LogP contribution in [0.25, 0.3) is 0 Å². The van der Waals surface area contributed by atoms with Crippen LogP contribution in [0.15, 0.2) is 18.2 Å². The van der Waals surface area contributed by atoms with Crippen molar-refractivity contribution in [2.24, 2.45) is 11.3 Å². The molecule has 2 unspecified atom stereocenters. The number of hydrogen-bond acceptors (Lipinski definition) is 3. The Balaban J connectivity index is 2.12. The SMILES string of the molecule is CC1CC(Nc2ccc([N+](=O)[O-])cc2F)CC(C)(C)C1. The smallest absolute Gasteiger partial charge is 0.272 e. The van der Waals surface area contributed by atoms with E-state index in [2.05, 4.69) is 26.1 Å². The van der Waals surface area contributed by atoms with Gasteiger partial charge >= 0.3 is 0 Å². The van der Waals surface area contributed by atoms with Gasteiger partial charge in [-0.25, -0.2) is 4.39 Å². The Labute approximate surface area is 118 Å². The molecular weight excluding hydrogens is 259 g/mol. The predicted octanol–water partition coefficient (Wildman–Crippen LogP) is 4.36. The zero-order valence-electron chi connectivity index (χ0n) is 12.1. The van der Waals surface area contributed by atoms with Crippen molar-refractivity contribution in [1.82, 2.24) is 0 Å². The first-order valence-electron chi connectivity index (χ1n) is 6.97. The van der Waals surface area contributed by atoms with E-state index < -0.39 is 10.7 Å². The summed E-state index contributed by atoms with van der Waals surface area (Å²) in [4.78, 5) is 10.0. The number of hydrogen-bond donors (Lipinski definition) is 1. The highest BCUT2D eigenvalue weighted by atomic mass is 19.1. The molecule has 5 heteroatoms. The van der Waals surface area contributed by atoms with Gasteiger partial charge in [-0.1, -0.05) is 20.8 Å². The lowest BCUT2D eigenvalue weighted by molar-refractivity contribution is -0.385. The molecule has 1 aliphatic rings. The summed E-state index contributed by atoms with van der Waals surface area (Å²) in [6.45, 7) is 6.66.